The van der Waals surface area contributed by atoms with Crippen LogP contribution in [0, 0.1) is 24.0 Å². The topological polar surface area (TPSA) is 151 Å². The Balaban J connectivity index is 1.85. The van der Waals surface area contributed by atoms with Crippen LogP contribution >= 0.6 is 0 Å². The highest BCUT2D eigenvalue weighted by molar-refractivity contribution is 5.89. The SMILES string of the molecule is COC(=O)c1ccc(-n2c(C)cc(C=NNc3nc(N)ncc3[N+](=O)[O-])c2C)cc1. The number of nitrogens with one attached hydrogen (secondary N) is 1. The average Bonchev–Trinajstić information content (AvgIpc) is 3.00. The molecule has 0 bridgehead atoms. The summed E-state index contributed by atoms with van der Waals surface area (Å²) >= 11 is 0. The fourth-order valence-corrected chi connectivity index (χ4v) is 2.95. The lowest BCUT2D eigenvalue weighted by molar-refractivity contribution is -0.384. The van der Waals surface area contributed by atoms with Gasteiger partial charge in [0.05, 0.1) is 23.8 Å². The molecule has 0 spiro atoms. The van der Waals surface area contributed by atoms with E-state index < -0.39 is 10.9 Å². The number of hydrogen-bond donors (Lipinski definition) is 2. The van der Waals surface area contributed by atoms with Crippen LogP contribution in [0.5, 0.6) is 0 Å². The smallest absolute Gasteiger partial charge is 0.337 e. The van der Waals surface area contributed by atoms with Gasteiger partial charge in [0.15, 0.2) is 0 Å². The van der Waals surface area contributed by atoms with Crippen molar-refractivity contribution in [3.63, 3.8) is 0 Å². The molecule has 0 amide bonds. The number of nitrogens with two attached hydrogens (primary N) is 1. The summed E-state index contributed by atoms with van der Waals surface area (Å²) in [6.07, 6.45) is 2.55. The van der Waals surface area contributed by atoms with E-state index in [2.05, 4.69) is 20.5 Å². The zero-order chi connectivity index (χ0) is 21.8. The zero-order valence-electron chi connectivity index (χ0n) is 16.5. The van der Waals surface area contributed by atoms with E-state index in [-0.39, 0.29) is 17.5 Å². The first-order valence-corrected chi connectivity index (χ1v) is 8.75. The van der Waals surface area contributed by atoms with E-state index in [0.717, 1.165) is 28.8 Å². The second-order valence-corrected chi connectivity index (χ2v) is 6.29. The number of anilines is 2. The summed E-state index contributed by atoms with van der Waals surface area (Å²) in [6.45, 7) is 3.84. The Morgan fingerprint density at radius 1 is 1.33 bits per heavy atom. The maximum absolute atomic E-state index is 11.6. The van der Waals surface area contributed by atoms with Crippen molar-refractivity contribution in [2.75, 3.05) is 18.3 Å². The third kappa shape index (κ3) is 4.09. The number of carbonyl (C=O) groups is 1. The van der Waals surface area contributed by atoms with Crippen LogP contribution in [0.4, 0.5) is 17.5 Å². The van der Waals surface area contributed by atoms with Crippen molar-refractivity contribution in [1.82, 2.24) is 14.5 Å². The number of methoxy groups -OCH3 is 1. The molecule has 30 heavy (non-hydrogen) atoms. The highest BCUT2D eigenvalue weighted by atomic mass is 16.6. The van der Waals surface area contributed by atoms with Crippen molar-refractivity contribution < 1.29 is 14.5 Å². The molecule has 0 atom stereocenters. The van der Waals surface area contributed by atoms with Crippen molar-refractivity contribution in [3.8, 4) is 5.69 Å². The fraction of sp³-hybridized carbons (Fsp3) is 0.158. The Hall–Kier alpha value is -4.28. The van der Waals surface area contributed by atoms with Gasteiger partial charge in [0.1, 0.15) is 6.20 Å². The second-order valence-electron chi connectivity index (χ2n) is 6.29. The van der Waals surface area contributed by atoms with Gasteiger partial charge in [-0.05, 0) is 44.2 Å². The van der Waals surface area contributed by atoms with Crippen LogP contribution in [0.15, 0.2) is 41.6 Å². The summed E-state index contributed by atoms with van der Waals surface area (Å²) < 4.78 is 6.71. The summed E-state index contributed by atoms with van der Waals surface area (Å²) in [7, 11) is 1.33. The zero-order valence-corrected chi connectivity index (χ0v) is 16.5. The molecule has 0 saturated heterocycles. The summed E-state index contributed by atoms with van der Waals surface area (Å²) in [5.41, 5.74) is 11.6. The van der Waals surface area contributed by atoms with E-state index >= 15 is 0 Å². The molecular weight excluding hydrogens is 390 g/mol. The number of hydrazone groups is 1. The molecule has 2 heterocycles. The molecule has 1 aromatic carbocycles. The third-order valence-electron chi connectivity index (χ3n) is 4.38. The number of hydrogen-bond acceptors (Lipinski definition) is 9. The van der Waals surface area contributed by atoms with E-state index in [1.54, 1.807) is 12.1 Å². The van der Waals surface area contributed by atoms with Gasteiger partial charge >= 0.3 is 11.7 Å². The van der Waals surface area contributed by atoms with Crippen molar-refractivity contribution >= 4 is 29.6 Å². The van der Waals surface area contributed by atoms with Crippen LogP contribution in [0.2, 0.25) is 0 Å². The molecule has 154 valence electrons. The van der Waals surface area contributed by atoms with Gasteiger partial charge in [-0.3, -0.25) is 15.5 Å². The first-order chi connectivity index (χ1) is 14.3. The maximum Gasteiger partial charge on any atom is 0.337 e. The van der Waals surface area contributed by atoms with Crippen LogP contribution in [0.1, 0.15) is 27.3 Å². The van der Waals surface area contributed by atoms with Crippen LogP contribution in [-0.2, 0) is 4.74 Å². The first kappa shape index (κ1) is 20.5. The molecule has 0 aliphatic heterocycles. The van der Waals surface area contributed by atoms with Crippen LogP contribution < -0.4 is 11.2 Å². The minimum atomic E-state index is -0.624. The lowest BCUT2D eigenvalue weighted by Crippen LogP contribution is -2.04. The Kier molecular flexibility index (Phi) is 5.72. The number of aryl methyl sites for hydroxylation is 1. The van der Waals surface area contributed by atoms with E-state index in [1.165, 1.54) is 13.3 Å². The molecule has 0 unspecified atom stereocenters. The number of nitro groups is 1. The van der Waals surface area contributed by atoms with Crippen molar-refractivity contribution in [1.29, 1.82) is 0 Å². The van der Waals surface area contributed by atoms with Gasteiger partial charge < -0.3 is 15.0 Å². The Morgan fingerprint density at radius 3 is 2.67 bits per heavy atom. The molecule has 0 aliphatic carbocycles. The fourth-order valence-electron chi connectivity index (χ4n) is 2.95. The number of nitrogens with zero attached hydrogens (tertiary/aromatic N) is 5. The number of ether oxygens (including phenoxy) is 1. The third-order valence-corrected chi connectivity index (χ3v) is 4.38. The molecule has 0 fully saturated rings. The van der Waals surface area contributed by atoms with Crippen LogP contribution in [0.3, 0.4) is 0 Å². The lowest BCUT2D eigenvalue weighted by atomic mass is 10.2. The van der Waals surface area contributed by atoms with E-state index in [4.69, 9.17) is 10.5 Å². The predicted molar refractivity (Wildman–Crippen MR) is 111 cm³/mol. The number of aromatic nitrogens is 3. The minimum absolute atomic E-state index is 0.101. The molecular formula is C19H19N7O4. The molecule has 11 heteroatoms. The molecule has 3 rings (SSSR count). The number of carbonyl (C=O) groups excluding carboxylic acids is 1. The largest absolute Gasteiger partial charge is 0.465 e. The second kappa shape index (κ2) is 8.39. The Labute approximate surface area is 171 Å². The summed E-state index contributed by atoms with van der Waals surface area (Å²) in [4.78, 5) is 29.5. The van der Waals surface area contributed by atoms with Gasteiger partial charge in [0.2, 0.25) is 11.8 Å². The average molecular weight is 409 g/mol. The monoisotopic (exact) mass is 409 g/mol. The molecule has 3 N–H and O–H groups in total. The molecule has 0 aliphatic rings. The first-order valence-electron chi connectivity index (χ1n) is 8.75. The molecule has 0 radical (unpaired) electrons. The molecule has 2 aromatic heterocycles. The number of esters is 1. The van der Waals surface area contributed by atoms with Gasteiger partial charge in [-0.25, -0.2) is 9.78 Å². The highest BCUT2D eigenvalue weighted by Crippen LogP contribution is 2.22. The maximum atomic E-state index is 11.6. The number of nitrogen functional groups attached to an aromatic ring is 1. The van der Waals surface area contributed by atoms with Crippen molar-refractivity contribution in [2.24, 2.45) is 5.10 Å². The Morgan fingerprint density at radius 2 is 2.03 bits per heavy atom. The van der Waals surface area contributed by atoms with Crippen LogP contribution in [0.25, 0.3) is 5.69 Å². The Bertz CT molecular complexity index is 1140. The number of benzene rings is 1. The quantitative estimate of drug-likeness (QED) is 0.273. The van der Waals surface area contributed by atoms with E-state index in [0.29, 0.717) is 5.56 Å². The van der Waals surface area contributed by atoms with Crippen LogP contribution in [-0.4, -0.2) is 38.8 Å². The normalized spacial score (nSPS) is 10.9. The van der Waals surface area contributed by atoms with E-state index in [9.17, 15) is 14.9 Å². The van der Waals surface area contributed by atoms with Crippen molar-refractivity contribution in [2.45, 2.75) is 13.8 Å². The van der Waals surface area contributed by atoms with Gasteiger partial charge in [-0.15, -0.1) is 0 Å². The van der Waals surface area contributed by atoms with Gasteiger partial charge in [-0.1, -0.05) is 0 Å². The van der Waals surface area contributed by atoms with Gasteiger partial charge in [0, 0.05) is 22.6 Å². The van der Waals surface area contributed by atoms with Gasteiger partial charge in [-0.2, -0.15) is 10.1 Å². The molecule has 0 saturated carbocycles. The minimum Gasteiger partial charge on any atom is -0.465 e. The standard InChI is InChI=1S/C19H19N7O4/c1-11-8-14(9-22-24-17-16(26(28)29)10-21-19(20)23-17)12(2)25(11)15-6-4-13(5-7-15)18(27)30-3/h4-10H,1-3H3,(H3,20,21,23,24). The lowest BCUT2D eigenvalue weighted by Gasteiger charge is -2.10. The highest BCUT2D eigenvalue weighted by Gasteiger charge is 2.16. The molecule has 11 nitrogen and oxygen atoms in total. The van der Waals surface area contributed by atoms with Gasteiger partial charge in [0.25, 0.3) is 0 Å². The predicted octanol–water partition coefficient (Wildman–Crippen LogP) is 2.61. The van der Waals surface area contributed by atoms with E-state index in [1.807, 2.05) is 36.6 Å². The van der Waals surface area contributed by atoms with Crippen molar-refractivity contribution in [3.05, 3.63) is 69.2 Å². The molecule has 3 aromatic rings. The summed E-state index contributed by atoms with van der Waals surface area (Å²) in [5.74, 6) is -0.608. The summed E-state index contributed by atoms with van der Waals surface area (Å²) in [6, 6.07) is 8.93. The number of rotatable bonds is 6. The summed E-state index contributed by atoms with van der Waals surface area (Å²) in [5, 5.41) is 15.1.